The SMILES string of the molecule is C[C@@H](NS(=O)(=O)c1ccc(O)c(C(=O)O)c1)c1ccccc1. The molecule has 0 fully saturated rings. The third kappa shape index (κ3) is 3.44. The molecule has 116 valence electrons. The first-order valence-electron chi connectivity index (χ1n) is 6.45. The molecule has 2 rings (SSSR count). The minimum Gasteiger partial charge on any atom is -0.507 e. The molecule has 0 aliphatic heterocycles. The summed E-state index contributed by atoms with van der Waals surface area (Å²) in [6.45, 7) is 1.69. The number of nitrogens with one attached hydrogen (secondary N) is 1. The summed E-state index contributed by atoms with van der Waals surface area (Å²) >= 11 is 0. The van der Waals surface area contributed by atoms with Crippen molar-refractivity contribution in [3.8, 4) is 5.75 Å². The van der Waals surface area contributed by atoms with Crippen molar-refractivity contribution < 1.29 is 23.4 Å². The van der Waals surface area contributed by atoms with E-state index in [2.05, 4.69) is 4.72 Å². The molecule has 0 saturated heterocycles. The second-order valence-electron chi connectivity index (χ2n) is 4.74. The molecule has 0 aromatic heterocycles. The molecule has 0 heterocycles. The number of hydrogen-bond acceptors (Lipinski definition) is 4. The molecule has 0 radical (unpaired) electrons. The molecule has 0 unspecified atom stereocenters. The van der Waals surface area contributed by atoms with Gasteiger partial charge in [0, 0.05) is 6.04 Å². The number of aromatic hydroxyl groups is 1. The average Bonchev–Trinajstić information content (AvgIpc) is 2.47. The molecule has 2 aromatic carbocycles. The minimum absolute atomic E-state index is 0.217. The first-order chi connectivity index (χ1) is 10.3. The van der Waals surface area contributed by atoms with E-state index in [0.29, 0.717) is 0 Å². The fourth-order valence-corrected chi connectivity index (χ4v) is 3.22. The maximum Gasteiger partial charge on any atom is 0.339 e. The van der Waals surface area contributed by atoms with Crippen molar-refractivity contribution in [2.45, 2.75) is 17.9 Å². The largest absolute Gasteiger partial charge is 0.507 e. The quantitative estimate of drug-likeness (QED) is 0.782. The molecule has 7 heteroatoms. The molecule has 0 amide bonds. The van der Waals surface area contributed by atoms with Crippen LogP contribution in [-0.2, 0) is 10.0 Å². The standard InChI is InChI=1S/C15H15NO5S/c1-10(11-5-3-2-4-6-11)16-22(20,21)12-7-8-14(17)13(9-12)15(18)19/h2-10,16-17H,1H3,(H,18,19)/t10-/m1/s1. The molecule has 0 saturated carbocycles. The van der Waals surface area contributed by atoms with E-state index in [1.54, 1.807) is 31.2 Å². The van der Waals surface area contributed by atoms with Gasteiger partial charge in [-0.3, -0.25) is 0 Å². The van der Waals surface area contributed by atoms with Crippen LogP contribution in [0.4, 0.5) is 0 Å². The Morgan fingerprint density at radius 2 is 1.77 bits per heavy atom. The van der Waals surface area contributed by atoms with E-state index in [0.717, 1.165) is 23.8 Å². The van der Waals surface area contributed by atoms with Gasteiger partial charge >= 0.3 is 5.97 Å². The molecular formula is C15H15NO5S. The van der Waals surface area contributed by atoms with Crippen LogP contribution in [0.3, 0.4) is 0 Å². The van der Waals surface area contributed by atoms with Crippen LogP contribution in [0.5, 0.6) is 5.75 Å². The summed E-state index contributed by atoms with van der Waals surface area (Å²) in [5, 5.41) is 18.4. The van der Waals surface area contributed by atoms with Gasteiger partial charge in [-0.05, 0) is 30.7 Å². The number of carboxylic acid groups (broad SMARTS) is 1. The van der Waals surface area contributed by atoms with E-state index >= 15 is 0 Å². The Kier molecular flexibility index (Phi) is 4.48. The van der Waals surface area contributed by atoms with E-state index in [1.165, 1.54) is 0 Å². The fourth-order valence-electron chi connectivity index (χ4n) is 1.96. The lowest BCUT2D eigenvalue weighted by atomic mass is 10.1. The summed E-state index contributed by atoms with van der Waals surface area (Å²) in [5.74, 6) is -1.88. The Hall–Kier alpha value is -2.38. The van der Waals surface area contributed by atoms with Gasteiger partial charge in [0.1, 0.15) is 11.3 Å². The van der Waals surface area contributed by atoms with Gasteiger partial charge in [-0.2, -0.15) is 0 Å². The van der Waals surface area contributed by atoms with Crippen molar-refractivity contribution in [1.29, 1.82) is 0 Å². The van der Waals surface area contributed by atoms with E-state index in [-0.39, 0.29) is 4.90 Å². The van der Waals surface area contributed by atoms with Crippen LogP contribution in [0.15, 0.2) is 53.4 Å². The van der Waals surface area contributed by atoms with E-state index in [9.17, 15) is 18.3 Å². The predicted molar refractivity (Wildman–Crippen MR) is 80.2 cm³/mol. The molecule has 0 aliphatic rings. The Bertz CT molecular complexity index is 787. The van der Waals surface area contributed by atoms with Crippen molar-refractivity contribution in [2.24, 2.45) is 0 Å². The van der Waals surface area contributed by atoms with Crippen LogP contribution >= 0.6 is 0 Å². The van der Waals surface area contributed by atoms with E-state index in [4.69, 9.17) is 5.11 Å². The number of benzene rings is 2. The van der Waals surface area contributed by atoms with Crippen LogP contribution < -0.4 is 4.72 Å². The lowest BCUT2D eigenvalue weighted by molar-refractivity contribution is 0.0693. The minimum atomic E-state index is -3.90. The molecule has 6 nitrogen and oxygen atoms in total. The van der Waals surface area contributed by atoms with Crippen molar-refractivity contribution in [1.82, 2.24) is 4.72 Å². The lowest BCUT2D eigenvalue weighted by Crippen LogP contribution is -2.27. The van der Waals surface area contributed by atoms with Gasteiger partial charge in [0.25, 0.3) is 0 Å². The van der Waals surface area contributed by atoms with Crippen molar-refractivity contribution >= 4 is 16.0 Å². The third-order valence-corrected chi connectivity index (χ3v) is 4.68. The first-order valence-corrected chi connectivity index (χ1v) is 7.93. The molecule has 0 spiro atoms. The predicted octanol–water partition coefficient (Wildman–Crippen LogP) is 2.13. The summed E-state index contributed by atoms with van der Waals surface area (Å²) in [6.07, 6.45) is 0. The number of carbonyl (C=O) groups is 1. The highest BCUT2D eigenvalue weighted by Gasteiger charge is 2.21. The lowest BCUT2D eigenvalue weighted by Gasteiger charge is -2.15. The van der Waals surface area contributed by atoms with Gasteiger partial charge in [-0.1, -0.05) is 30.3 Å². The molecule has 1 atom stereocenters. The molecule has 2 aromatic rings. The van der Waals surface area contributed by atoms with E-state index < -0.39 is 33.3 Å². The number of aromatic carboxylic acids is 1. The Morgan fingerprint density at radius 1 is 1.14 bits per heavy atom. The maximum atomic E-state index is 12.3. The van der Waals surface area contributed by atoms with Gasteiger partial charge in [0.15, 0.2) is 0 Å². The molecule has 22 heavy (non-hydrogen) atoms. The summed E-state index contributed by atoms with van der Waals surface area (Å²) in [6, 6.07) is 11.6. The highest BCUT2D eigenvalue weighted by Crippen LogP contribution is 2.23. The van der Waals surface area contributed by atoms with Crippen LogP contribution in [0.1, 0.15) is 28.9 Å². The second kappa shape index (κ2) is 6.17. The number of hydrogen-bond donors (Lipinski definition) is 3. The van der Waals surface area contributed by atoms with Crippen LogP contribution in [0, 0.1) is 0 Å². The van der Waals surface area contributed by atoms with Gasteiger partial charge in [-0.25, -0.2) is 17.9 Å². The fraction of sp³-hybridized carbons (Fsp3) is 0.133. The van der Waals surface area contributed by atoms with Crippen LogP contribution in [0.2, 0.25) is 0 Å². The van der Waals surface area contributed by atoms with Gasteiger partial charge in [0.2, 0.25) is 10.0 Å². The smallest absolute Gasteiger partial charge is 0.339 e. The van der Waals surface area contributed by atoms with Gasteiger partial charge < -0.3 is 10.2 Å². The maximum absolute atomic E-state index is 12.3. The Balaban J connectivity index is 2.31. The van der Waals surface area contributed by atoms with Crippen LogP contribution in [-0.4, -0.2) is 24.6 Å². The number of sulfonamides is 1. The molecule has 0 aliphatic carbocycles. The zero-order valence-electron chi connectivity index (χ0n) is 11.7. The normalized spacial score (nSPS) is 12.8. The number of carboxylic acids is 1. The van der Waals surface area contributed by atoms with Crippen molar-refractivity contribution in [2.75, 3.05) is 0 Å². The summed E-state index contributed by atoms with van der Waals surface area (Å²) in [4.78, 5) is 10.8. The first kappa shape index (κ1) is 16.0. The third-order valence-electron chi connectivity index (χ3n) is 3.14. The zero-order valence-corrected chi connectivity index (χ0v) is 12.5. The monoisotopic (exact) mass is 321 g/mol. The summed E-state index contributed by atoms with van der Waals surface area (Å²) in [5.41, 5.74) is 0.318. The number of rotatable bonds is 5. The van der Waals surface area contributed by atoms with Gasteiger partial charge in [-0.15, -0.1) is 0 Å². The molecule has 3 N–H and O–H groups in total. The molecular weight excluding hydrogens is 306 g/mol. The van der Waals surface area contributed by atoms with Crippen molar-refractivity contribution in [3.63, 3.8) is 0 Å². The molecule has 0 bridgehead atoms. The summed E-state index contributed by atoms with van der Waals surface area (Å²) < 4.78 is 27.1. The Labute approximate surface area is 128 Å². The van der Waals surface area contributed by atoms with E-state index in [1.807, 2.05) is 6.07 Å². The van der Waals surface area contributed by atoms with Gasteiger partial charge in [0.05, 0.1) is 4.90 Å². The average molecular weight is 321 g/mol. The topological polar surface area (TPSA) is 104 Å². The van der Waals surface area contributed by atoms with Crippen LogP contribution in [0.25, 0.3) is 0 Å². The number of phenols is 1. The zero-order chi connectivity index (χ0) is 16.3. The van der Waals surface area contributed by atoms with Crippen molar-refractivity contribution in [3.05, 3.63) is 59.7 Å². The highest BCUT2D eigenvalue weighted by molar-refractivity contribution is 7.89. The second-order valence-corrected chi connectivity index (χ2v) is 6.45. The highest BCUT2D eigenvalue weighted by atomic mass is 32.2. The Morgan fingerprint density at radius 3 is 2.36 bits per heavy atom. The summed E-state index contributed by atoms with van der Waals surface area (Å²) in [7, 11) is -3.90.